The molecule has 0 heterocycles. The number of hydrogen-bond acceptors (Lipinski definition) is 3. The number of rotatable bonds is 4. The van der Waals surface area contributed by atoms with Gasteiger partial charge in [0.05, 0.1) is 0 Å². The van der Waals surface area contributed by atoms with Gasteiger partial charge in [-0.25, -0.2) is 0 Å². The van der Waals surface area contributed by atoms with Crippen LogP contribution in [0, 0.1) is 0 Å². The van der Waals surface area contributed by atoms with Gasteiger partial charge in [0.15, 0.2) is 0 Å². The van der Waals surface area contributed by atoms with Crippen molar-refractivity contribution in [1.29, 1.82) is 0 Å². The molecular formula is C10H16N2O3. The highest BCUT2D eigenvalue weighted by Gasteiger charge is 2.69. The Bertz CT molecular complexity index is 294. The lowest BCUT2D eigenvalue weighted by molar-refractivity contribution is -0.150. The first kappa shape index (κ1) is 10.4. The molecule has 0 spiro atoms. The Morgan fingerprint density at radius 1 is 1.20 bits per heavy atom. The van der Waals surface area contributed by atoms with Crippen LogP contribution in [0.1, 0.15) is 26.2 Å². The van der Waals surface area contributed by atoms with Gasteiger partial charge in [-0.05, 0) is 19.3 Å². The molecule has 2 bridgehead atoms. The number of amides is 2. The van der Waals surface area contributed by atoms with Gasteiger partial charge >= 0.3 is 0 Å². The van der Waals surface area contributed by atoms with E-state index in [-0.39, 0.29) is 29.5 Å². The Morgan fingerprint density at radius 2 is 1.73 bits per heavy atom. The monoisotopic (exact) mass is 212 g/mol. The summed E-state index contributed by atoms with van der Waals surface area (Å²) in [6.07, 6.45) is 2.57. The predicted octanol–water partition coefficient (Wildman–Crippen LogP) is -0.440. The highest BCUT2D eigenvalue weighted by Crippen LogP contribution is 2.60. The molecule has 0 unspecified atom stereocenters. The van der Waals surface area contributed by atoms with Crippen LogP contribution < -0.4 is 10.6 Å². The van der Waals surface area contributed by atoms with Gasteiger partial charge in [-0.2, -0.15) is 0 Å². The second kappa shape index (κ2) is 3.20. The molecule has 0 aliphatic heterocycles. The third-order valence-electron chi connectivity index (χ3n) is 3.15. The largest absolute Gasteiger partial charge is 0.375 e. The molecule has 84 valence electrons. The van der Waals surface area contributed by atoms with E-state index < -0.39 is 0 Å². The highest BCUT2D eigenvalue weighted by molar-refractivity contribution is 5.80. The Kier molecular flexibility index (Phi) is 2.22. The van der Waals surface area contributed by atoms with Crippen LogP contribution in [0.3, 0.4) is 0 Å². The van der Waals surface area contributed by atoms with Crippen LogP contribution in [0.4, 0.5) is 0 Å². The molecule has 3 rings (SSSR count). The molecule has 3 saturated carbocycles. The standard InChI is InChI=1S/C10H16N2O3/c1-7(13)11-9-4-10(5-9,6-9)12-8(14)3-15-2/h3-6H2,1-2H3,(H,11,13)(H,12,14). The SMILES string of the molecule is COCC(=O)NC12CC(NC(C)=O)(C1)C2. The third-order valence-corrected chi connectivity index (χ3v) is 3.15. The van der Waals surface area contributed by atoms with Crippen molar-refractivity contribution in [2.24, 2.45) is 0 Å². The molecule has 5 heteroatoms. The molecule has 5 nitrogen and oxygen atoms in total. The fraction of sp³-hybridized carbons (Fsp3) is 0.800. The summed E-state index contributed by atoms with van der Waals surface area (Å²) >= 11 is 0. The smallest absolute Gasteiger partial charge is 0.246 e. The fourth-order valence-electron chi connectivity index (χ4n) is 2.89. The Labute approximate surface area is 88.5 Å². The van der Waals surface area contributed by atoms with Gasteiger partial charge < -0.3 is 15.4 Å². The number of carbonyl (C=O) groups excluding carboxylic acids is 2. The van der Waals surface area contributed by atoms with E-state index in [0.717, 1.165) is 19.3 Å². The second-order valence-electron chi connectivity index (χ2n) is 4.75. The summed E-state index contributed by atoms with van der Waals surface area (Å²) in [7, 11) is 1.50. The fourth-order valence-corrected chi connectivity index (χ4v) is 2.89. The minimum absolute atomic E-state index is 0.00604. The summed E-state index contributed by atoms with van der Waals surface area (Å²) in [6, 6.07) is 0. The maximum absolute atomic E-state index is 11.3. The predicted molar refractivity (Wildman–Crippen MR) is 53.1 cm³/mol. The molecule has 0 atom stereocenters. The van der Waals surface area contributed by atoms with Crippen molar-refractivity contribution >= 4 is 11.8 Å². The summed E-state index contributed by atoms with van der Waals surface area (Å²) in [5.41, 5.74) is -0.0791. The van der Waals surface area contributed by atoms with Crippen LogP contribution >= 0.6 is 0 Å². The second-order valence-corrected chi connectivity index (χ2v) is 4.75. The van der Waals surface area contributed by atoms with Crippen LogP contribution in [0.25, 0.3) is 0 Å². The summed E-state index contributed by atoms with van der Waals surface area (Å²) < 4.78 is 4.74. The van der Waals surface area contributed by atoms with Crippen LogP contribution in [0.5, 0.6) is 0 Å². The number of ether oxygens (including phenoxy) is 1. The molecule has 3 aliphatic rings. The van der Waals surface area contributed by atoms with E-state index in [4.69, 9.17) is 4.74 Å². The zero-order valence-corrected chi connectivity index (χ0v) is 9.05. The molecule has 0 aromatic carbocycles. The summed E-state index contributed by atoms with van der Waals surface area (Å²) in [5, 5.41) is 5.87. The van der Waals surface area contributed by atoms with Crippen LogP contribution in [0.15, 0.2) is 0 Å². The van der Waals surface area contributed by atoms with Gasteiger partial charge in [0.1, 0.15) is 6.61 Å². The molecule has 0 radical (unpaired) electrons. The van der Waals surface area contributed by atoms with E-state index in [0.29, 0.717) is 0 Å². The maximum atomic E-state index is 11.3. The number of carbonyl (C=O) groups is 2. The average molecular weight is 212 g/mol. The molecule has 0 aromatic heterocycles. The van der Waals surface area contributed by atoms with E-state index in [1.807, 2.05) is 0 Å². The van der Waals surface area contributed by atoms with Crippen molar-refractivity contribution in [3.05, 3.63) is 0 Å². The first-order chi connectivity index (χ1) is 6.99. The zero-order chi connectivity index (χ0) is 11.1. The van der Waals surface area contributed by atoms with Gasteiger partial charge in [-0.3, -0.25) is 9.59 Å². The summed E-state index contributed by atoms with van der Waals surface area (Å²) in [4.78, 5) is 22.2. The summed E-state index contributed by atoms with van der Waals surface area (Å²) in [5.74, 6) is -0.0693. The molecule has 3 fully saturated rings. The number of nitrogens with one attached hydrogen (secondary N) is 2. The van der Waals surface area contributed by atoms with Crippen molar-refractivity contribution in [3.8, 4) is 0 Å². The van der Waals surface area contributed by atoms with Crippen molar-refractivity contribution < 1.29 is 14.3 Å². The molecule has 15 heavy (non-hydrogen) atoms. The van der Waals surface area contributed by atoms with E-state index in [1.54, 1.807) is 0 Å². The highest BCUT2D eigenvalue weighted by atomic mass is 16.5. The Balaban J connectivity index is 1.77. The van der Waals surface area contributed by atoms with Crippen molar-refractivity contribution in [2.45, 2.75) is 37.3 Å². The van der Waals surface area contributed by atoms with E-state index in [1.165, 1.54) is 14.0 Å². The van der Waals surface area contributed by atoms with Gasteiger partial charge in [0, 0.05) is 25.1 Å². The van der Waals surface area contributed by atoms with Gasteiger partial charge in [0.25, 0.3) is 0 Å². The van der Waals surface area contributed by atoms with Crippen LogP contribution in [-0.2, 0) is 14.3 Å². The molecule has 2 N–H and O–H groups in total. The lowest BCUT2D eigenvalue weighted by Gasteiger charge is -2.70. The maximum Gasteiger partial charge on any atom is 0.246 e. The first-order valence-electron chi connectivity index (χ1n) is 5.08. The van der Waals surface area contributed by atoms with Gasteiger partial charge in [0.2, 0.25) is 11.8 Å². The van der Waals surface area contributed by atoms with Crippen LogP contribution in [-0.4, -0.2) is 36.6 Å². The van der Waals surface area contributed by atoms with E-state index in [2.05, 4.69) is 10.6 Å². The quantitative estimate of drug-likeness (QED) is 0.664. The Morgan fingerprint density at radius 3 is 2.20 bits per heavy atom. The van der Waals surface area contributed by atoms with Gasteiger partial charge in [-0.1, -0.05) is 0 Å². The van der Waals surface area contributed by atoms with Crippen LogP contribution in [0.2, 0.25) is 0 Å². The zero-order valence-electron chi connectivity index (χ0n) is 9.05. The van der Waals surface area contributed by atoms with Crippen molar-refractivity contribution in [1.82, 2.24) is 10.6 Å². The minimum atomic E-state index is -0.0753. The lowest BCUT2D eigenvalue weighted by atomic mass is 9.44. The first-order valence-corrected chi connectivity index (χ1v) is 5.08. The van der Waals surface area contributed by atoms with Crippen molar-refractivity contribution in [3.63, 3.8) is 0 Å². The molecule has 0 aromatic rings. The normalized spacial score (nSPS) is 36.1. The molecule has 3 aliphatic carbocycles. The topological polar surface area (TPSA) is 67.4 Å². The summed E-state index contributed by atoms with van der Waals surface area (Å²) in [6.45, 7) is 1.63. The minimum Gasteiger partial charge on any atom is -0.375 e. The molecule has 0 saturated heterocycles. The molecule has 2 amide bonds. The molecular weight excluding hydrogens is 196 g/mol. The number of hydrogen-bond donors (Lipinski definition) is 2. The lowest BCUT2D eigenvalue weighted by Crippen LogP contribution is -2.83. The Hall–Kier alpha value is -1.10. The number of methoxy groups -OCH3 is 1. The third kappa shape index (κ3) is 1.71. The van der Waals surface area contributed by atoms with E-state index in [9.17, 15) is 9.59 Å². The van der Waals surface area contributed by atoms with E-state index >= 15 is 0 Å². The van der Waals surface area contributed by atoms with Gasteiger partial charge in [-0.15, -0.1) is 0 Å². The van der Waals surface area contributed by atoms with Crippen molar-refractivity contribution in [2.75, 3.05) is 13.7 Å². The average Bonchev–Trinajstić information content (AvgIpc) is 1.97.